The molecular formula is C23H20N6O. The fourth-order valence-corrected chi connectivity index (χ4v) is 3.76. The molecule has 2 heterocycles. The molecule has 1 aliphatic rings. The number of rotatable bonds is 4. The van der Waals surface area contributed by atoms with Crippen molar-refractivity contribution in [1.82, 2.24) is 14.9 Å². The van der Waals surface area contributed by atoms with Crippen LogP contribution in [0, 0.1) is 29.6 Å². The van der Waals surface area contributed by atoms with E-state index in [-0.39, 0.29) is 24.1 Å². The van der Waals surface area contributed by atoms with Gasteiger partial charge < -0.3 is 15.6 Å². The van der Waals surface area contributed by atoms with Crippen molar-refractivity contribution in [2.45, 2.75) is 19.4 Å². The largest absolute Gasteiger partial charge is 0.341 e. The Hall–Kier alpha value is -3.94. The van der Waals surface area contributed by atoms with E-state index in [0.717, 1.165) is 16.7 Å². The van der Waals surface area contributed by atoms with Crippen LogP contribution in [0.25, 0.3) is 11.3 Å². The highest BCUT2D eigenvalue weighted by atomic mass is 16.2. The van der Waals surface area contributed by atoms with Crippen LogP contribution in [0.4, 0.5) is 0 Å². The molecule has 0 atom stereocenters. The number of carbonyl (C=O) groups excluding carboxylic acids is 1. The molecule has 0 radical (unpaired) electrons. The average Bonchev–Trinajstić information content (AvgIpc) is 3.13. The van der Waals surface area contributed by atoms with Crippen molar-refractivity contribution in [3.63, 3.8) is 0 Å². The van der Waals surface area contributed by atoms with Gasteiger partial charge in [-0.05, 0) is 42.3 Å². The summed E-state index contributed by atoms with van der Waals surface area (Å²) in [4.78, 5) is 22.1. The van der Waals surface area contributed by atoms with Crippen molar-refractivity contribution in [2.24, 2.45) is 5.73 Å². The zero-order chi connectivity index (χ0) is 21.3. The second-order valence-corrected chi connectivity index (χ2v) is 7.37. The number of H-pyrrole nitrogens is 1. The first-order valence-electron chi connectivity index (χ1n) is 9.63. The van der Waals surface area contributed by atoms with Gasteiger partial charge in [-0.2, -0.15) is 10.5 Å². The molecule has 1 aromatic heterocycles. The molecule has 4 rings (SSSR count). The van der Waals surface area contributed by atoms with Crippen LogP contribution in [-0.4, -0.2) is 33.9 Å². The topological polar surface area (TPSA) is 123 Å². The van der Waals surface area contributed by atoms with Gasteiger partial charge in [0.25, 0.3) is 5.91 Å². The Balaban J connectivity index is 1.55. The zero-order valence-electron chi connectivity index (χ0n) is 16.5. The number of hydrogen-bond acceptors (Lipinski definition) is 5. The quantitative estimate of drug-likeness (QED) is 0.702. The number of nitrogens with two attached hydrogens (primary N) is 1. The first-order chi connectivity index (χ1) is 14.5. The van der Waals surface area contributed by atoms with Crippen LogP contribution in [0.5, 0.6) is 0 Å². The number of aryl methyl sites for hydroxylation is 1. The van der Waals surface area contributed by atoms with E-state index in [4.69, 9.17) is 11.0 Å². The van der Waals surface area contributed by atoms with Crippen molar-refractivity contribution in [2.75, 3.05) is 13.1 Å². The number of hydrogen-bond donors (Lipinski definition) is 2. The Kier molecular flexibility index (Phi) is 5.05. The van der Waals surface area contributed by atoms with Crippen LogP contribution in [0.2, 0.25) is 0 Å². The van der Waals surface area contributed by atoms with Crippen LogP contribution >= 0.6 is 0 Å². The molecule has 0 spiro atoms. The summed E-state index contributed by atoms with van der Waals surface area (Å²) in [5.41, 5.74) is 10.6. The summed E-state index contributed by atoms with van der Waals surface area (Å²) < 4.78 is 0. The monoisotopic (exact) mass is 396 g/mol. The Morgan fingerprint density at radius 2 is 1.93 bits per heavy atom. The third-order valence-corrected chi connectivity index (χ3v) is 5.45. The Labute approximate surface area is 174 Å². The number of imidazole rings is 1. The normalized spacial score (nSPS) is 13.4. The minimum Gasteiger partial charge on any atom is -0.341 e. The minimum absolute atomic E-state index is 0.0561. The van der Waals surface area contributed by atoms with E-state index >= 15 is 0 Å². The molecule has 0 aliphatic carbocycles. The predicted octanol–water partition coefficient (Wildman–Crippen LogP) is 2.83. The molecule has 7 heteroatoms. The van der Waals surface area contributed by atoms with Gasteiger partial charge in [0.1, 0.15) is 11.9 Å². The molecular weight excluding hydrogens is 376 g/mol. The fraction of sp³-hybridized carbons (Fsp3) is 0.217. The molecule has 0 saturated carbocycles. The maximum absolute atomic E-state index is 13.0. The van der Waals surface area contributed by atoms with Gasteiger partial charge in [0.05, 0.1) is 17.3 Å². The number of nitrogens with one attached hydrogen (secondary N) is 1. The predicted molar refractivity (Wildman–Crippen MR) is 111 cm³/mol. The van der Waals surface area contributed by atoms with Crippen molar-refractivity contribution in [1.29, 1.82) is 10.5 Å². The first-order valence-corrected chi connectivity index (χ1v) is 9.63. The van der Waals surface area contributed by atoms with Crippen molar-refractivity contribution in [3.8, 4) is 23.4 Å². The van der Waals surface area contributed by atoms with E-state index in [1.807, 2.05) is 18.2 Å². The number of nitrogens with zero attached hydrogens (tertiary/aromatic N) is 4. The summed E-state index contributed by atoms with van der Waals surface area (Å²) in [5, 5.41) is 18.3. The number of aromatic amines is 1. The van der Waals surface area contributed by atoms with Crippen LogP contribution in [0.3, 0.4) is 0 Å². The van der Waals surface area contributed by atoms with Crippen molar-refractivity contribution < 1.29 is 4.79 Å². The van der Waals surface area contributed by atoms with Crippen LogP contribution in [0.1, 0.15) is 44.5 Å². The van der Waals surface area contributed by atoms with E-state index in [9.17, 15) is 10.1 Å². The smallest absolute Gasteiger partial charge is 0.253 e. The number of aromatic nitrogens is 2. The number of benzene rings is 2. The fourth-order valence-electron chi connectivity index (χ4n) is 3.76. The van der Waals surface area contributed by atoms with Crippen LogP contribution in [-0.2, 0) is 6.54 Å². The number of carbonyl (C=O) groups is 1. The van der Waals surface area contributed by atoms with Gasteiger partial charge >= 0.3 is 0 Å². The van der Waals surface area contributed by atoms with E-state index in [1.54, 1.807) is 36.1 Å². The standard InChI is InChI=1S/C23H20N6O/c1-14-27-21(11-26)22(28-14)20-8-17(6-7-18(20)10-25)23(30)29-12-19(13-29)16-4-2-15(9-24)3-5-16/h2-8,19H,10,12-13,25H2,1H3,(H,27,28). The average molecular weight is 396 g/mol. The second-order valence-electron chi connectivity index (χ2n) is 7.37. The SMILES string of the molecule is Cc1nc(C#N)c(-c2cc(C(=O)N3CC(c4ccc(C#N)cc4)C3)ccc2CN)[nH]1. The third kappa shape index (κ3) is 3.43. The number of amides is 1. The maximum atomic E-state index is 13.0. The lowest BCUT2D eigenvalue weighted by Gasteiger charge is -2.39. The molecule has 0 unspecified atom stereocenters. The Bertz CT molecular complexity index is 1190. The molecule has 7 nitrogen and oxygen atoms in total. The molecule has 1 aliphatic heterocycles. The molecule has 0 bridgehead atoms. The molecule has 3 aromatic rings. The highest BCUT2D eigenvalue weighted by Crippen LogP contribution is 2.31. The van der Waals surface area contributed by atoms with Gasteiger partial charge in [0.2, 0.25) is 0 Å². The summed E-state index contributed by atoms with van der Waals surface area (Å²) >= 11 is 0. The van der Waals surface area contributed by atoms with E-state index in [2.05, 4.69) is 22.1 Å². The van der Waals surface area contributed by atoms with Gasteiger partial charge in [0.15, 0.2) is 5.69 Å². The summed E-state index contributed by atoms with van der Waals surface area (Å²) in [6.07, 6.45) is 0. The summed E-state index contributed by atoms with van der Waals surface area (Å²) in [6, 6.07) is 17.1. The first kappa shape index (κ1) is 19.4. The minimum atomic E-state index is -0.0561. The molecule has 2 aromatic carbocycles. The van der Waals surface area contributed by atoms with Crippen molar-refractivity contribution >= 4 is 5.91 Å². The highest BCUT2D eigenvalue weighted by Gasteiger charge is 2.32. The molecule has 1 amide bonds. The molecule has 148 valence electrons. The second kappa shape index (κ2) is 7.82. The van der Waals surface area contributed by atoms with Gasteiger partial charge in [-0.25, -0.2) is 4.98 Å². The molecule has 3 N–H and O–H groups in total. The third-order valence-electron chi connectivity index (χ3n) is 5.45. The maximum Gasteiger partial charge on any atom is 0.253 e. The lowest BCUT2D eigenvalue weighted by atomic mass is 9.90. The van der Waals surface area contributed by atoms with Crippen LogP contribution < -0.4 is 5.73 Å². The van der Waals surface area contributed by atoms with E-state index in [1.165, 1.54) is 0 Å². The number of nitriles is 2. The Morgan fingerprint density at radius 3 is 2.57 bits per heavy atom. The van der Waals surface area contributed by atoms with Crippen LogP contribution in [0.15, 0.2) is 42.5 Å². The molecule has 30 heavy (non-hydrogen) atoms. The van der Waals surface area contributed by atoms with Gasteiger partial charge in [-0.1, -0.05) is 18.2 Å². The van der Waals surface area contributed by atoms with Crippen molar-refractivity contribution in [3.05, 3.63) is 76.2 Å². The molecule has 1 saturated heterocycles. The van der Waals surface area contributed by atoms with E-state index < -0.39 is 0 Å². The number of likely N-dealkylation sites (tertiary alicyclic amines) is 1. The summed E-state index contributed by atoms with van der Waals surface area (Å²) in [7, 11) is 0. The van der Waals surface area contributed by atoms with Gasteiger partial charge in [-0.15, -0.1) is 0 Å². The van der Waals surface area contributed by atoms with E-state index in [0.29, 0.717) is 35.7 Å². The zero-order valence-corrected chi connectivity index (χ0v) is 16.5. The summed E-state index contributed by atoms with van der Waals surface area (Å²) in [5.74, 6) is 0.846. The van der Waals surface area contributed by atoms with Gasteiger partial charge in [0, 0.05) is 36.7 Å². The lowest BCUT2D eigenvalue weighted by molar-refractivity contribution is 0.0602. The van der Waals surface area contributed by atoms with Gasteiger partial charge in [-0.3, -0.25) is 4.79 Å². The molecule has 1 fully saturated rings. The highest BCUT2D eigenvalue weighted by molar-refractivity contribution is 5.96. The Morgan fingerprint density at radius 1 is 1.20 bits per heavy atom. The lowest BCUT2D eigenvalue weighted by Crippen LogP contribution is -2.48. The summed E-state index contributed by atoms with van der Waals surface area (Å²) in [6.45, 7) is 3.33.